The van der Waals surface area contributed by atoms with Crippen molar-refractivity contribution in [2.75, 3.05) is 0 Å². The van der Waals surface area contributed by atoms with Gasteiger partial charge in [-0.3, -0.25) is 5.10 Å². The molecule has 1 aromatic carbocycles. The molecular weight excluding hydrogens is 338 g/mol. The topological polar surface area (TPSA) is 41.8 Å². The first-order valence-electron chi connectivity index (χ1n) is 6.54. The second-order valence-corrected chi connectivity index (χ2v) is 4.93. The average molecular weight is 346 g/mol. The summed E-state index contributed by atoms with van der Waals surface area (Å²) in [4.78, 5) is 0. The van der Waals surface area contributed by atoms with Gasteiger partial charge in [-0.2, -0.15) is 31.4 Å². The van der Waals surface area contributed by atoms with Crippen LogP contribution in [0.2, 0.25) is 0 Å². The lowest BCUT2D eigenvalue weighted by Gasteiger charge is -2.13. The number of aromatic amines is 1. The number of benzene rings is 1. The van der Waals surface area contributed by atoms with Gasteiger partial charge >= 0.3 is 12.4 Å². The molecule has 2 heterocycles. The lowest BCUT2D eigenvalue weighted by atomic mass is 10.0. The molecule has 0 saturated heterocycles. The Hall–Kier alpha value is -2.71. The van der Waals surface area contributed by atoms with Crippen LogP contribution in [0.25, 0.3) is 22.8 Å². The molecule has 0 saturated carbocycles. The van der Waals surface area contributed by atoms with Crippen LogP contribution in [-0.4, -0.2) is 10.2 Å². The number of nitrogens with one attached hydrogen (secondary N) is 1. The Balaban J connectivity index is 2.10. The Morgan fingerprint density at radius 3 is 1.88 bits per heavy atom. The molecule has 0 atom stereocenters. The Bertz CT molecular complexity index is 813. The summed E-state index contributed by atoms with van der Waals surface area (Å²) >= 11 is 0. The van der Waals surface area contributed by atoms with Gasteiger partial charge in [-0.05, 0) is 36.4 Å². The highest BCUT2D eigenvalue weighted by atomic mass is 19.4. The van der Waals surface area contributed by atoms with Crippen LogP contribution >= 0.6 is 0 Å². The molecule has 0 fully saturated rings. The van der Waals surface area contributed by atoms with Gasteiger partial charge in [0, 0.05) is 11.8 Å². The SMILES string of the molecule is FC(F)(F)c1cc(-c2ccc(-c3ccn[nH]3)o2)cc(C(F)(F)F)c1. The molecular formula is C15H8F6N2O. The Morgan fingerprint density at radius 1 is 0.792 bits per heavy atom. The molecule has 0 spiro atoms. The van der Waals surface area contributed by atoms with Crippen LogP contribution < -0.4 is 0 Å². The largest absolute Gasteiger partial charge is 0.454 e. The van der Waals surface area contributed by atoms with E-state index in [-0.39, 0.29) is 23.2 Å². The summed E-state index contributed by atoms with van der Waals surface area (Å²) in [5.41, 5.74) is -2.66. The molecule has 3 nitrogen and oxygen atoms in total. The standard InChI is InChI=1S/C15H8F6N2O/c16-14(17,18)9-5-8(6-10(7-9)15(19,20)21)12-1-2-13(24-12)11-3-4-22-23-11/h1-7H,(H,22,23). The second-order valence-electron chi connectivity index (χ2n) is 4.93. The minimum atomic E-state index is -4.91. The van der Waals surface area contributed by atoms with E-state index >= 15 is 0 Å². The van der Waals surface area contributed by atoms with Crippen molar-refractivity contribution in [3.63, 3.8) is 0 Å². The Morgan fingerprint density at radius 2 is 1.38 bits per heavy atom. The third kappa shape index (κ3) is 3.15. The molecule has 9 heteroatoms. The fourth-order valence-electron chi connectivity index (χ4n) is 2.13. The molecule has 0 aliphatic carbocycles. The smallest absolute Gasteiger partial charge is 0.416 e. The molecule has 0 aliphatic heterocycles. The van der Waals surface area contributed by atoms with Crippen LogP contribution in [0.15, 0.2) is 47.0 Å². The minimum Gasteiger partial charge on any atom is -0.454 e. The van der Waals surface area contributed by atoms with Crippen molar-refractivity contribution in [2.24, 2.45) is 0 Å². The van der Waals surface area contributed by atoms with Gasteiger partial charge in [0.05, 0.1) is 11.1 Å². The zero-order chi connectivity index (χ0) is 17.5. The first-order chi connectivity index (χ1) is 11.1. The summed E-state index contributed by atoms with van der Waals surface area (Å²) in [6.07, 6.45) is -8.38. The van der Waals surface area contributed by atoms with E-state index in [1.807, 2.05) is 0 Å². The van der Waals surface area contributed by atoms with Crippen LogP contribution in [0.4, 0.5) is 26.3 Å². The number of rotatable bonds is 2. The summed E-state index contributed by atoms with van der Waals surface area (Å²) in [7, 11) is 0. The summed E-state index contributed by atoms with van der Waals surface area (Å²) in [5, 5.41) is 6.28. The van der Waals surface area contributed by atoms with Gasteiger partial charge in [0.15, 0.2) is 5.76 Å². The number of H-pyrrole nitrogens is 1. The first-order valence-corrected chi connectivity index (χ1v) is 6.54. The molecule has 3 rings (SSSR count). The molecule has 126 valence electrons. The second kappa shape index (κ2) is 5.43. The van der Waals surface area contributed by atoms with Gasteiger partial charge in [0.1, 0.15) is 11.5 Å². The third-order valence-corrected chi connectivity index (χ3v) is 3.24. The van der Waals surface area contributed by atoms with Crippen molar-refractivity contribution in [2.45, 2.75) is 12.4 Å². The van der Waals surface area contributed by atoms with Crippen molar-refractivity contribution < 1.29 is 30.8 Å². The average Bonchev–Trinajstić information content (AvgIpc) is 3.16. The van der Waals surface area contributed by atoms with Crippen molar-refractivity contribution in [3.8, 4) is 22.8 Å². The van der Waals surface area contributed by atoms with Gasteiger partial charge < -0.3 is 4.42 Å². The molecule has 24 heavy (non-hydrogen) atoms. The molecule has 0 aliphatic rings. The van der Waals surface area contributed by atoms with Crippen LogP contribution in [-0.2, 0) is 12.4 Å². The maximum atomic E-state index is 12.9. The number of hydrogen-bond donors (Lipinski definition) is 1. The van der Waals surface area contributed by atoms with Crippen molar-refractivity contribution in [1.29, 1.82) is 0 Å². The molecule has 0 bridgehead atoms. The monoisotopic (exact) mass is 346 g/mol. The summed E-state index contributed by atoms with van der Waals surface area (Å²) in [5.74, 6) is 0.129. The number of aromatic nitrogens is 2. The normalized spacial score (nSPS) is 12.6. The lowest BCUT2D eigenvalue weighted by Crippen LogP contribution is -2.11. The maximum absolute atomic E-state index is 12.9. The van der Waals surface area contributed by atoms with E-state index in [0.29, 0.717) is 17.8 Å². The fourth-order valence-corrected chi connectivity index (χ4v) is 2.13. The van der Waals surface area contributed by atoms with E-state index in [0.717, 1.165) is 0 Å². The molecule has 2 aromatic heterocycles. The maximum Gasteiger partial charge on any atom is 0.416 e. The number of furan rings is 1. The highest BCUT2D eigenvalue weighted by Crippen LogP contribution is 2.39. The van der Waals surface area contributed by atoms with Gasteiger partial charge in [-0.25, -0.2) is 0 Å². The lowest BCUT2D eigenvalue weighted by molar-refractivity contribution is -0.143. The van der Waals surface area contributed by atoms with Crippen molar-refractivity contribution >= 4 is 0 Å². The van der Waals surface area contributed by atoms with Crippen molar-refractivity contribution in [3.05, 3.63) is 53.7 Å². The van der Waals surface area contributed by atoms with E-state index in [2.05, 4.69) is 10.2 Å². The predicted molar refractivity (Wildman–Crippen MR) is 71.7 cm³/mol. The van der Waals surface area contributed by atoms with E-state index in [4.69, 9.17) is 4.42 Å². The Labute approximate surface area is 130 Å². The highest BCUT2D eigenvalue weighted by molar-refractivity contribution is 5.64. The molecule has 3 aromatic rings. The van der Waals surface area contributed by atoms with Crippen LogP contribution in [0, 0.1) is 0 Å². The number of halogens is 6. The van der Waals surface area contributed by atoms with E-state index in [1.165, 1.54) is 18.3 Å². The Kier molecular flexibility index (Phi) is 3.66. The van der Waals surface area contributed by atoms with Gasteiger partial charge in [0.2, 0.25) is 0 Å². The molecule has 0 unspecified atom stereocenters. The number of alkyl halides is 6. The van der Waals surface area contributed by atoms with Gasteiger partial charge in [-0.1, -0.05) is 0 Å². The predicted octanol–water partition coefficient (Wildman–Crippen LogP) is 5.37. The fraction of sp³-hybridized carbons (Fsp3) is 0.133. The van der Waals surface area contributed by atoms with Gasteiger partial charge in [-0.15, -0.1) is 0 Å². The summed E-state index contributed by atoms with van der Waals surface area (Å²) in [6, 6.07) is 5.58. The minimum absolute atomic E-state index is 0.0717. The molecule has 0 radical (unpaired) electrons. The number of hydrogen-bond acceptors (Lipinski definition) is 2. The van der Waals surface area contributed by atoms with E-state index < -0.39 is 23.5 Å². The van der Waals surface area contributed by atoms with Crippen molar-refractivity contribution in [1.82, 2.24) is 10.2 Å². The van der Waals surface area contributed by atoms with Crippen LogP contribution in [0.3, 0.4) is 0 Å². The van der Waals surface area contributed by atoms with Gasteiger partial charge in [0.25, 0.3) is 0 Å². The van der Waals surface area contributed by atoms with E-state index in [9.17, 15) is 26.3 Å². The van der Waals surface area contributed by atoms with E-state index in [1.54, 1.807) is 6.07 Å². The summed E-state index contributed by atoms with van der Waals surface area (Å²) in [6.45, 7) is 0. The first kappa shape index (κ1) is 16.2. The summed E-state index contributed by atoms with van der Waals surface area (Å²) < 4.78 is 82.6. The highest BCUT2D eigenvalue weighted by Gasteiger charge is 2.37. The molecule has 0 amide bonds. The number of nitrogens with zero attached hydrogens (tertiary/aromatic N) is 1. The zero-order valence-electron chi connectivity index (χ0n) is 11.7. The third-order valence-electron chi connectivity index (χ3n) is 3.24. The van der Waals surface area contributed by atoms with Crippen LogP contribution in [0.5, 0.6) is 0 Å². The molecule has 1 N–H and O–H groups in total. The van der Waals surface area contributed by atoms with Crippen LogP contribution in [0.1, 0.15) is 11.1 Å². The quantitative estimate of drug-likeness (QED) is 0.634. The zero-order valence-corrected chi connectivity index (χ0v) is 11.7.